The van der Waals surface area contributed by atoms with Crippen molar-refractivity contribution < 1.29 is 33.8 Å². The Hall–Kier alpha value is -3.46. The number of benzene rings is 1. The molecule has 9 heteroatoms. The lowest BCUT2D eigenvalue weighted by molar-refractivity contribution is -0.150. The Morgan fingerprint density at radius 1 is 1.11 bits per heavy atom. The van der Waals surface area contributed by atoms with Crippen LogP contribution in [0, 0.1) is 39.9 Å². The Bertz CT molecular complexity index is 1420. The van der Waals surface area contributed by atoms with E-state index in [9.17, 15) is 24.3 Å². The summed E-state index contributed by atoms with van der Waals surface area (Å²) in [5, 5.41) is 16.9. The predicted molar refractivity (Wildman–Crippen MR) is 169 cm³/mol. The molecule has 0 saturated heterocycles. The second kappa shape index (κ2) is 11.7. The van der Waals surface area contributed by atoms with Gasteiger partial charge in [0, 0.05) is 44.1 Å². The molecule has 0 radical (unpaired) electrons. The van der Waals surface area contributed by atoms with E-state index in [-0.39, 0.29) is 65.0 Å². The third kappa shape index (κ3) is 5.41. The summed E-state index contributed by atoms with van der Waals surface area (Å²) in [4.78, 5) is 49.9. The first-order chi connectivity index (χ1) is 21.4. The van der Waals surface area contributed by atoms with E-state index >= 15 is 0 Å². The molecule has 45 heavy (non-hydrogen) atoms. The first-order valence-corrected chi connectivity index (χ1v) is 16.4. The van der Waals surface area contributed by atoms with E-state index in [1.54, 1.807) is 12.1 Å². The molecular weight excluding hydrogens is 572 g/mol. The Kier molecular flexibility index (Phi) is 8.21. The maximum absolute atomic E-state index is 13.3. The second-order valence-corrected chi connectivity index (χ2v) is 14.4. The molecule has 0 bridgehead atoms. The zero-order valence-electron chi connectivity index (χ0n) is 26.6. The van der Waals surface area contributed by atoms with Crippen LogP contribution in [-0.4, -0.2) is 54.6 Å². The summed E-state index contributed by atoms with van der Waals surface area (Å²) in [6.07, 6.45) is 8.68. The van der Waals surface area contributed by atoms with E-state index < -0.39 is 18.0 Å². The van der Waals surface area contributed by atoms with E-state index in [1.165, 1.54) is 6.92 Å². The Morgan fingerprint density at radius 3 is 2.56 bits per heavy atom. The zero-order valence-corrected chi connectivity index (χ0v) is 26.6. The molecule has 6 rings (SSSR count). The number of Topliss-reactive ketones (excluding diaryl/α,β-unsaturated/α-hetero) is 1. The van der Waals surface area contributed by atoms with Crippen LogP contribution in [-0.2, 0) is 23.9 Å². The summed E-state index contributed by atoms with van der Waals surface area (Å²) in [6, 6.07) is 7.15. The van der Waals surface area contributed by atoms with Gasteiger partial charge in [-0.2, -0.15) is 0 Å². The minimum atomic E-state index is -1.29. The largest absolute Gasteiger partial charge is 0.462 e. The summed E-state index contributed by atoms with van der Waals surface area (Å²) in [5.74, 6) is 0.486. The van der Waals surface area contributed by atoms with Gasteiger partial charge in [0.25, 0.3) is 0 Å². The monoisotopic (exact) mass is 618 g/mol. The molecule has 4 saturated carbocycles. The number of esters is 1. The lowest BCUT2D eigenvalue weighted by atomic mass is 9.50. The quantitative estimate of drug-likeness (QED) is 0.220. The topological polar surface area (TPSA) is 131 Å². The van der Waals surface area contributed by atoms with E-state index in [1.807, 2.05) is 25.3 Å². The van der Waals surface area contributed by atoms with Crippen LogP contribution in [0.25, 0.3) is 0 Å². The first kappa shape index (κ1) is 31.5. The highest BCUT2D eigenvalue weighted by molar-refractivity contribution is 5.98. The average Bonchev–Trinajstić information content (AvgIpc) is 3.60. The molecule has 9 unspecified atom stereocenters. The van der Waals surface area contributed by atoms with Crippen molar-refractivity contribution in [2.75, 3.05) is 24.3 Å². The van der Waals surface area contributed by atoms with Crippen LogP contribution in [0.3, 0.4) is 0 Å². The average molecular weight is 619 g/mol. The van der Waals surface area contributed by atoms with Crippen molar-refractivity contribution in [3.05, 3.63) is 48.6 Å². The molecule has 5 aliphatic carbocycles. The van der Waals surface area contributed by atoms with Crippen LogP contribution in [0.15, 0.2) is 48.6 Å². The van der Waals surface area contributed by atoms with Crippen LogP contribution in [0.2, 0.25) is 0 Å². The number of hydrogen-bond acceptors (Lipinski definition) is 8. The van der Waals surface area contributed by atoms with Gasteiger partial charge < -0.3 is 19.9 Å². The molecule has 1 amide bonds. The number of ketones is 2. The lowest BCUT2D eigenvalue weighted by Crippen LogP contribution is -2.48. The molecular formula is C36H46N2O7. The van der Waals surface area contributed by atoms with E-state index in [4.69, 9.17) is 9.47 Å². The number of aliphatic hydroxyl groups excluding tert-OH is 1. The second-order valence-electron chi connectivity index (χ2n) is 14.4. The van der Waals surface area contributed by atoms with Crippen molar-refractivity contribution in [1.82, 2.24) is 0 Å². The van der Waals surface area contributed by atoms with Crippen LogP contribution in [0.4, 0.5) is 16.2 Å². The summed E-state index contributed by atoms with van der Waals surface area (Å²) in [7, 11) is 1.81. The van der Waals surface area contributed by atoms with Gasteiger partial charge in [-0.1, -0.05) is 19.6 Å². The highest BCUT2D eigenvalue weighted by Gasteiger charge is 2.78. The standard InChI is InChI=1S/C36H46N2O7/c1-21(12-16-44-33(43)38-25-8-6-24(37-4)7-9-25)32(42)30(41)18-29-31(45-22(2)39)19-28-27-10-5-23-17-26(40)11-13-35(23)20-36(27,35)15-14-34(28,29)3/h6-9,11,13,23,27-31,37,41H,1,5,10,12,14-20H2,2-4H3,(H,38,43). The predicted octanol–water partition coefficient (Wildman–Crippen LogP) is 5.84. The minimum absolute atomic E-state index is 0.0520. The van der Waals surface area contributed by atoms with Crippen molar-refractivity contribution in [2.45, 2.75) is 83.8 Å². The molecule has 1 aromatic rings. The molecule has 5 aliphatic rings. The molecule has 9 atom stereocenters. The molecule has 0 aromatic heterocycles. The molecule has 0 heterocycles. The fraction of sp³-hybridized carbons (Fsp3) is 0.611. The normalized spacial score (nSPS) is 36.4. The highest BCUT2D eigenvalue weighted by Crippen LogP contribution is 2.84. The number of amides is 1. The number of nitrogens with one attached hydrogen (secondary N) is 2. The third-order valence-corrected chi connectivity index (χ3v) is 12.4. The number of fused-ring (bicyclic) bond motifs is 2. The van der Waals surface area contributed by atoms with Gasteiger partial charge in [0.1, 0.15) is 12.2 Å². The van der Waals surface area contributed by atoms with E-state index in [2.05, 4.69) is 30.2 Å². The molecule has 2 spiro atoms. The molecule has 1 aromatic carbocycles. The van der Waals surface area contributed by atoms with Gasteiger partial charge in [-0.15, -0.1) is 0 Å². The van der Waals surface area contributed by atoms with Crippen LogP contribution in [0.1, 0.15) is 71.6 Å². The molecule has 3 N–H and O–H groups in total. The maximum atomic E-state index is 13.3. The maximum Gasteiger partial charge on any atom is 0.411 e. The minimum Gasteiger partial charge on any atom is -0.462 e. The summed E-state index contributed by atoms with van der Waals surface area (Å²) < 4.78 is 11.2. The molecule has 4 fully saturated rings. The number of carbonyl (C=O) groups excluding carboxylic acids is 4. The number of ether oxygens (including phenoxy) is 2. The highest BCUT2D eigenvalue weighted by atomic mass is 16.5. The van der Waals surface area contributed by atoms with Gasteiger partial charge in [-0.05, 0) is 115 Å². The first-order valence-electron chi connectivity index (χ1n) is 16.4. The van der Waals surface area contributed by atoms with Crippen LogP contribution in [0.5, 0.6) is 0 Å². The van der Waals surface area contributed by atoms with E-state index in [0.29, 0.717) is 29.9 Å². The zero-order chi connectivity index (χ0) is 32.1. The van der Waals surface area contributed by atoms with Gasteiger partial charge in [-0.3, -0.25) is 19.7 Å². The summed E-state index contributed by atoms with van der Waals surface area (Å²) in [5.41, 5.74) is 1.84. The van der Waals surface area contributed by atoms with E-state index in [0.717, 1.165) is 44.2 Å². The Balaban J connectivity index is 1.08. The SMILES string of the molecule is C=C(CCOC(=O)Nc1ccc(NC)cc1)C(=O)C(O)CC1C(OC(C)=O)CC2C3CCC4CC(=O)C=CC45CC35CCC12C. The van der Waals surface area contributed by atoms with Gasteiger partial charge in [-0.25, -0.2) is 4.79 Å². The summed E-state index contributed by atoms with van der Waals surface area (Å²) >= 11 is 0. The lowest BCUT2D eigenvalue weighted by Gasteiger charge is -2.54. The number of hydrogen-bond donors (Lipinski definition) is 3. The third-order valence-electron chi connectivity index (χ3n) is 12.4. The van der Waals surface area contributed by atoms with Crippen molar-refractivity contribution in [3.63, 3.8) is 0 Å². The Labute approximate surface area is 265 Å². The number of carbonyl (C=O) groups is 4. The number of allylic oxidation sites excluding steroid dienone is 2. The van der Waals surface area contributed by atoms with Crippen LogP contribution < -0.4 is 10.6 Å². The van der Waals surface area contributed by atoms with Crippen molar-refractivity contribution in [2.24, 2.45) is 39.9 Å². The Morgan fingerprint density at radius 2 is 1.84 bits per heavy atom. The number of rotatable bonds is 10. The number of anilines is 2. The number of aliphatic hydroxyl groups is 1. The van der Waals surface area contributed by atoms with Crippen molar-refractivity contribution in [3.8, 4) is 0 Å². The smallest absolute Gasteiger partial charge is 0.411 e. The van der Waals surface area contributed by atoms with Crippen LogP contribution >= 0.6 is 0 Å². The molecule has 242 valence electrons. The van der Waals surface area contributed by atoms with Gasteiger partial charge >= 0.3 is 12.1 Å². The fourth-order valence-electron chi connectivity index (χ4n) is 10.2. The molecule has 9 nitrogen and oxygen atoms in total. The van der Waals surface area contributed by atoms with Gasteiger partial charge in [0.2, 0.25) is 0 Å². The van der Waals surface area contributed by atoms with Crippen molar-refractivity contribution >= 4 is 35.0 Å². The van der Waals surface area contributed by atoms with Crippen molar-refractivity contribution in [1.29, 1.82) is 0 Å². The summed E-state index contributed by atoms with van der Waals surface area (Å²) in [6.45, 7) is 7.52. The molecule has 0 aliphatic heterocycles. The fourth-order valence-corrected chi connectivity index (χ4v) is 10.2. The van der Waals surface area contributed by atoms with Gasteiger partial charge in [0.05, 0.1) is 6.61 Å². The van der Waals surface area contributed by atoms with Gasteiger partial charge in [0.15, 0.2) is 11.6 Å².